The van der Waals surface area contributed by atoms with E-state index in [-0.39, 0.29) is 37.3 Å². The van der Waals surface area contributed by atoms with Gasteiger partial charge in [-0.2, -0.15) is 4.39 Å². The minimum atomic E-state index is -2.73. The molecule has 0 unspecified atom stereocenters. The first-order valence-electron chi connectivity index (χ1n) is 9.56. The van der Waals surface area contributed by atoms with Gasteiger partial charge in [0.1, 0.15) is 5.69 Å². The number of halogens is 3. The molecule has 2 aromatic rings. The molecule has 2 N–H and O–H groups in total. The van der Waals surface area contributed by atoms with E-state index in [9.17, 15) is 18.0 Å². The number of anilines is 3. The third kappa shape index (κ3) is 4.93. The number of amides is 1. The predicted molar refractivity (Wildman–Crippen MR) is 102 cm³/mol. The lowest BCUT2D eigenvalue weighted by molar-refractivity contribution is -0.0220. The molecule has 1 saturated carbocycles. The van der Waals surface area contributed by atoms with Crippen LogP contribution in [0.15, 0.2) is 24.5 Å². The van der Waals surface area contributed by atoms with Crippen molar-refractivity contribution in [1.82, 2.24) is 15.0 Å². The van der Waals surface area contributed by atoms with Gasteiger partial charge in [-0.15, -0.1) is 0 Å². The van der Waals surface area contributed by atoms with Crippen LogP contribution in [0.25, 0.3) is 0 Å². The highest BCUT2D eigenvalue weighted by Gasteiger charge is 2.35. The average molecular weight is 406 g/mol. The summed E-state index contributed by atoms with van der Waals surface area (Å²) in [5.41, 5.74) is 0.703. The monoisotopic (exact) mass is 406 g/mol. The van der Waals surface area contributed by atoms with E-state index in [4.69, 9.17) is 0 Å². The van der Waals surface area contributed by atoms with E-state index in [1.165, 1.54) is 31.3 Å². The summed E-state index contributed by atoms with van der Waals surface area (Å²) in [4.78, 5) is 26.2. The van der Waals surface area contributed by atoms with Gasteiger partial charge in [0.25, 0.3) is 11.8 Å². The van der Waals surface area contributed by atoms with Gasteiger partial charge in [0.15, 0.2) is 0 Å². The summed E-state index contributed by atoms with van der Waals surface area (Å²) in [6.45, 7) is 0.876. The maximum absolute atomic E-state index is 13.7. The fourth-order valence-corrected chi connectivity index (χ4v) is 3.17. The van der Waals surface area contributed by atoms with Crippen molar-refractivity contribution in [3.05, 3.63) is 36.2 Å². The summed E-state index contributed by atoms with van der Waals surface area (Å²) in [7, 11) is 0. The number of nitrogens with one attached hydrogen (secondary N) is 2. The van der Waals surface area contributed by atoms with Crippen molar-refractivity contribution < 1.29 is 18.0 Å². The zero-order valence-electron chi connectivity index (χ0n) is 15.7. The van der Waals surface area contributed by atoms with E-state index in [0.717, 1.165) is 12.6 Å². The normalized spacial score (nSPS) is 18.4. The fraction of sp³-hybridized carbons (Fsp3) is 0.474. The van der Waals surface area contributed by atoms with Crippen LogP contribution in [0.4, 0.5) is 30.5 Å². The summed E-state index contributed by atoms with van der Waals surface area (Å²) in [6.07, 6.45) is 4.36. The number of aromatic nitrogens is 3. The van der Waals surface area contributed by atoms with E-state index in [1.54, 1.807) is 4.90 Å². The first-order chi connectivity index (χ1) is 13.9. The van der Waals surface area contributed by atoms with E-state index in [2.05, 4.69) is 25.6 Å². The Morgan fingerprint density at radius 2 is 2.00 bits per heavy atom. The van der Waals surface area contributed by atoms with Gasteiger partial charge >= 0.3 is 0 Å². The third-order valence-corrected chi connectivity index (χ3v) is 5.07. The van der Waals surface area contributed by atoms with Gasteiger partial charge in [0.05, 0.1) is 17.6 Å². The number of carbonyl (C=O) groups excluding carboxylic acids is 1. The Morgan fingerprint density at radius 3 is 2.72 bits per heavy atom. The van der Waals surface area contributed by atoms with Crippen LogP contribution in [-0.4, -0.2) is 46.4 Å². The maximum atomic E-state index is 13.7. The average Bonchev–Trinajstić information content (AvgIpc) is 3.53. The molecule has 10 heteroatoms. The number of carbonyl (C=O) groups is 1. The molecule has 7 nitrogen and oxygen atoms in total. The zero-order chi connectivity index (χ0) is 20.4. The molecule has 2 fully saturated rings. The number of piperidine rings is 1. The minimum Gasteiger partial charge on any atom is -0.369 e. The second-order valence-corrected chi connectivity index (χ2v) is 7.41. The van der Waals surface area contributed by atoms with Crippen LogP contribution in [0, 0.1) is 11.9 Å². The number of hydrogen-bond acceptors (Lipinski definition) is 6. The molecule has 154 valence electrons. The summed E-state index contributed by atoms with van der Waals surface area (Å²) in [5, 5.41) is 5.76. The molecule has 0 spiro atoms. The van der Waals surface area contributed by atoms with Crippen LogP contribution in [-0.2, 0) is 0 Å². The summed E-state index contributed by atoms with van der Waals surface area (Å²) in [6, 6.07) is 2.61. The van der Waals surface area contributed by atoms with Gasteiger partial charge in [-0.1, -0.05) is 0 Å². The highest BCUT2D eigenvalue weighted by molar-refractivity contribution is 6.04. The van der Waals surface area contributed by atoms with E-state index in [0.29, 0.717) is 17.6 Å². The van der Waals surface area contributed by atoms with Crippen molar-refractivity contribution in [1.29, 1.82) is 0 Å². The number of nitrogens with zero attached hydrogens (tertiary/aromatic N) is 4. The fourth-order valence-electron chi connectivity index (χ4n) is 3.17. The Morgan fingerprint density at radius 1 is 1.24 bits per heavy atom. The van der Waals surface area contributed by atoms with Gasteiger partial charge in [-0.3, -0.25) is 4.79 Å². The van der Waals surface area contributed by atoms with Crippen LogP contribution in [0.1, 0.15) is 36.2 Å². The number of rotatable bonds is 6. The molecule has 1 saturated heterocycles. The Balaban J connectivity index is 1.48. The zero-order valence-corrected chi connectivity index (χ0v) is 15.7. The van der Waals surface area contributed by atoms with E-state index >= 15 is 0 Å². The number of alkyl halides is 2. The largest absolute Gasteiger partial charge is 0.369 e. The van der Waals surface area contributed by atoms with E-state index in [1.807, 2.05) is 0 Å². The van der Waals surface area contributed by atoms with Gasteiger partial charge in [0, 0.05) is 44.7 Å². The lowest BCUT2D eigenvalue weighted by Gasteiger charge is -2.34. The number of hydrogen-bond donors (Lipinski definition) is 2. The SMILES string of the molecule is O=C(Nc1cnc(F)cc1N1CCC(F)(F)CC1)c1ccnc(NCC2CC2)n1. The molecular weight excluding hydrogens is 385 g/mol. The molecule has 1 amide bonds. The van der Waals surface area contributed by atoms with Crippen molar-refractivity contribution in [3.63, 3.8) is 0 Å². The Kier molecular flexibility index (Phi) is 5.25. The Labute approximate surface area is 165 Å². The Bertz CT molecular complexity index is 895. The van der Waals surface area contributed by atoms with Gasteiger partial charge in [-0.25, -0.2) is 23.7 Å². The lowest BCUT2D eigenvalue weighted by atomic mass is 10.1. The molecule has 2 aliphatic rings. The van der Waals surface area contributed by atoms with Crippen molar-refractivity contribution in [2.45, 2.75) is 31.6 Å². The van der Waals surface area contributed by atoms with Crippen LogP contribution in [0.5, 0.6) is 0 Å². The van der Waals surface area contributed by atoms with Crippen molar-refractivity contribution in [2.24, 2.45) is 5.92 Å². The predicted octanol–water partition coefficient (Wildman–Crippen LogP) is 3.32. The topological polar surface area (TPSA) is 83.0 Å². The highest BCUT2D eigenvalue weighted by atomic mass is 19.3. The van der Waals surface area contributed by atoms with Gasteiger partial charge in [0.2, 0.25) is 11.9 Å². The molecule has 0 radical (unpaired) electrons. The first-order valence-corrected chi connectivity index (χ1v) is 9.56. The van der Waals surface area contributed by atoms with Crippen LogP contribution < -0.4 is 15.5 Å². The molecule has 1 aliphatic carbocycles. The standard InChI is InChI=1S/C19H21F3N6O/c20-16-9-15(28-7-4-19(21,22)5-8-28)14(11-24-16)26-17(29)13-3-6-23-18(27-13)25-10-12-1-2-12/h3,6,9,11-12H,1-2,4-5,7-8,10H2,(H,26,29)(H,23,25,27). The molecule has 4 rings (SSSR count). The lowest BCUT2D eigenvalue weighted by Crippen LogP contribution is -2.39. The van der Waals surface area contributed by atoms with Crippen molar-refractivity contribution >= 4 is 23.2 Å². The van der Waals surface area contributed by atoms with Gasteiger partial charge in [-0.05, 0) is 24.8 Å². The third-order valence-electron chi connectivity index (χ3n) is 5.07. The summed E-state index contributed by atoms with van der Waals surface area (Å²) >= 11 is 0. The molecular formula is C19H21F3N6O. The second kappa shape index (κ2) is 7.84. The van der Waals surface area contributed by atoms with E-state index < -0.39 is 17.8 Å². The molecule has 0 aromatic carbocycles. The van der Waals surface area contributed by atoms with Crippen LogP contribution in [0.3, 0.4) is 0 Å². The molecule has 0 atom stereocenters. The molecule has 3 heterocycles. The quantitative estimate of drug-likeness (QED) is 0.716. The summed E-state index contributed by atoms with van der Waals surface area (Å²) in [5.74, 6) is -3.00. The van der Waals surface area contributed by atoms with Gasteiger partial charge < -0.3 is 15.5 Å². The maximum Gasteiger partial charge on any atom is 0.274 e. The van der Waals surface area contributed by atoms with Crippen LogP contribution >= 0.6 is 0 Å². The summed E-state index contributed by atoms with van der Waals surface area (Å²) < 4.78 is 40.6. The highest BCUT2D eigenvalue weighted by Crippen LogP contribution is 2.34. The van der Waals surface area contributed by atoms with Crippen LogP contribution in [0.2, 0.25) is 0 Å². The first kappa shape index (κ1) is 19.4. The number of pyridine rings is 1. The van der Waals surface area contributed by atoms with Crippen molar-refractivity contribution in [2.75, 3.05) is 35.2 Å². The second-order valence-electron chi connectivity index (χ2n) is 7.41. The Hall–Kier alpha value is -2.91. The minimum absolute atomic E-state index is 0.0576. The molecule has 29 heavy (non-hydrogen) atoms. The molecule has 0 bridgehead atoms. The smallest absolute Gasteiger partial charge is 0.274 e. The molecule has 1 aliphatic heterocycles. The molecule has 2 aromatic heterocycles. The van der Waals surface area contributed by atoms with Crippen molar-refractivity contribution in [3.8, 4) is 0 Å².